The van der Waals surface area contributed by atoms with E-state index in [1.807, 2.05) is 25.5 Å². The van der Waals surface area contributed by atoms with Crippen LogP contribution in [-0.4, -0.2) is 60.1 Å². The lowest BCUT2D eigenvalue weighted by atomic mass is 10.1. The minimum Gasteiger partial charge on any atom is -0.478 e. The van der Waals surface area contributed by atoms with Gasteiger partial charge in [-0.05, 0) is 69.2 Å². The highest BCUT2D eigenvalue weighted by Gasteiger charge is 2.38. The topological polar surface area (TPSA) is 142 Å². The third kappa shape index (κ3) is 8.39. The lowest BCUT2D eigenvalue weighted by Gasteiger charge is -2.22. The molecule has 1 heterocycles. The first-order chi connectivity index (χ1) is 18.9. The number of nitrogens with zero attached hydrogens (tertiary/aromatic N) is 3. The molecule has 41 heavy (non-hydrogen) atoms. The number of anilines is 2. The summed E-state index contributed by atoms with van der Waals surface area (Å²) in [4.78, 5) is 21.7. The summed E-state index contributed by atoms with van der Waals surface area (Å²) in [6, 6.07) is 6.06. The van der Waals surface area contributed by atoms with Crippen LogP contribution in [0.1, 0.15) is 34.2 Å². The zero-order chi connectivity index (χ0) is 31.3. The Labute approximate surface area is 232 Å². The number of likely N-dealkylation sites (N-methyl/N-ethyl adjacent to an activating group) is 1. The smallest absolute Gasteiger partial charge is 0.478 e. The second-order valence-electron chi connectivity index (χ2n) is 8.66. The molecule has 0 fully saturated rings. The van der Waals surface area contributed by atoms with Crippen molar-refractivity contribution in [3.05, 3.63) is 70.5 Å². The molecule has 224 valence electrons. The molecule has 0 aliphatic heterocycles. The number of aromatic nitrogens is 2. The van der Waals surface area contributed by atoms with Gasteiger partial charge < -0.3 is 15.1 Å². The first-order valence-corrected chi connectivity index (χ1v) is 13.3. The van der Waals surface area contributed by atoms with Crippen molar-refractivity contribution in [2.75, 3.05) is 23.2 Å². The second kappa shape index (κ2) is 13.0. The van der Waals surface area contributed by atoms with Crippen molar-refractivity contribution < 1.29 is 50.2 Å². The summed E-state index contributed by atoms with van der Waals surface area (Å²) < 4.78 is 88.3. The molecule has 0 unspecified atom stereocenters. The Hall–Kier alpha value is -4.21. The van der Waals surface area contributed by atoms with Crippen LogP contribution >= 0.6 is 0 Å². The second-order valence-corrected chi connectivity index (χ2v) is 10.3. The van der Waals surface area contributed by atoms with E-state index in [4.69, 9.17) is 9.90 Å². The highest BCUT2D eigenvalue weighted by Crippen LogP contribution is 2.27. The molecular formula is C25H27F5N4O6S. The molecule has 10 nitrogen and oxygen atoms in total. The van der Waals surface area contributed by atoms with Gasteiger partial charge in [0.1, 0.15) is 16.5 Å². The predicted molar refractivity (Wildman–Crippen MR) is 139 cm³/mol. The molecule has 3 rings (SSSR count). The molecule has 0 saturated carbocycles. The summed E-state index contributed by atoms with van der Waals surface area (Å²) in [7, 11) is -2.74. The fraction of sp³-hybridized carbons (Fsp3) is 0.320. The van der Waals surface area contributed by atoms with Crippen LogP contribution in [0, 0.1) is 25.5 Å². The third-order valence-electron chi connectivity index (χ3n) is 5.84. The van der Waals surface area contributed by atoms with E-state index in [-0.39, 0.29) is 11.3 Å². The van der Waals surface area contributed by atoms with E-state index in [9.17, 15) is 40.3 Å². The van der Waals surface area contributed by atoms with Gasteiger partial charge in [-0.2, -0.15) is 18.3 Å². The number of aliphatic carboxylic acids is 1. The summed E-state index contributed by atoms with van der Waals surface area (Å²) in [6.07, 6.45) is -4.44. The number of aromatic carboxylic acids is 1. The van der Waals surface area contributed by atoms with Gasteiger partial charge in [0.15, 0.2) is 0 Å². The van der Waals surface area contributed by atoms with Crippen LogP contribution in [0.2, 0.25) is 0 Å². The molecule has 0 atom stereocenters. The van der Waals surface area contributed by atoms with E-state index >= 15 is 0 Å². The molecule has 0 radical (unpaired) electrons. The molecule has 1 aromatic heterocycles. The van der Waals surface area contributed by atoms with E-state index < -0.39 is 44.7 Å². The molecule has 16 heteroatoms. The first-order valence-electron chi connectivity index (χ1n) is 11.8. The molecule has 0 saturated heterocycles. The Kier molecular flexibility index (Phi) is 10.4. The average molecular weight is 607 g/mol. The molecular weight excluding hydrogens is 579 g/mol. The number of hydrogen-bond donors (Lipinski definition) is 3. The van der Waals surface area contributed by atoms with Gasteiger partial charge in [-0.1, -0.05) is 0 Å². The fourth-order valence-electron chi connectivity index (χ4n) is 3.80. The molecule has 0 spiro atoms. The van der Waals surface area contributed by atoms with Gasteiger partial charge in [0, 0.05) is 31.5 Å². The lowest BCUT2D eigenvalue weighted by Crippen LogP contribution is -2.23. The van der Waals surface area contributed by atoms with Crippen LogP contribution in [-0.2, 0) is 27.8 Å². The zero-order valence-corrected chi connectivity index (χ0v) is 23.1. The number of hydrogen-bond acceptors (Lipinski definition) is 6. The van der Waals surface area contributed by atoms with Gasteiger partial charge in [-0.25, -0.2) is 26.8 Å². The average Bonchev–Trinajstić information content (AvgIpc) is 3.15. The normalized spacial score (nSPS) is 11.4. The van der Waals surface area contributed by atoms with Gasteiger partial charge in [0.2, 0.25) is 0 Å². The van der Waals surface area contributed by atoms with Gasteiger partial charge >= 0.3 is 18.1 Å². The summed E-state index contributed by atoms with van der Waals surface area (Å²) in [5, 5.41) is 21.3. The maximum Gasteiger partial charge on any atom is 0.490 e. The molecule has 0 amide bonds. The third-order valence-corrected chi connectivity index (χ3v) is 7.24. The standard InChI is InChI=1S/C23H26F2N4O4S.C2HF3O2/c1-5-29-15(3)18(14(2)26-29)10-11-28(4)21-9-7-17(13-19(21)23(30)31)27-34(32,33)22-12-16(24)6-8-20(22)25;3-2(4,5)1(6)7/h6-9,12-13,27H,5,10-11H2,1-4H3,(H,30,31);(H,6,7). The van der Waals surface area contributed by atoms with Gasteiger partial charge in [-0.3, -0.25) is 9.40 Å². The van der Waals surface area contributed by atoms with Crippen molar-refractivity contribution in [3.63, 3.8) is 0 Å². The Morgan fingerprint density at radius 3 is 2.20 bits per heavy atom. The minimum absolute atomic E-state index is 0.0888. The molecule has 0 bridgehead atoms. The van der Waals surface area contributed by atoms with Crippen LogP contribution in [0.4, 0.5) is 33.3 Å². The fourth-order valence-corrected chi connectivity index (χ4v) is 4.94. The molecule has 3 N–H and O–H groups in total. The van der Waals surface area contributed by atoms with Crippen molar-refractivity contribution in [2.24, 2.45) is 0 Å². The number of carboxylic acid groups (broad SMARTS) is 2. The van der Waals surface area contributed by atoms with E-state index in [2.05, 4.69) is 9.82 Å². The Morgan fingerprint density at radius 1 is 1.07 bits per heavy atom. The Balaban J connectivity index is 0.000000745. The van der Waals surface area contributed by atoms with Gasteiger partial charge in [-0.15, -0.1) is 0 Å². The van der Waals surface area contributed by atoms with Crippen LogP contribution in [0.25, 0.3) is 0 Å². The summed E-state index contributed by atoms with van der Waals surface area (Å²) in [5.41, 5.74) is 3.22. The van der Waals surface area contributed by atoms with E-state index in [1.54, 1.807) is 11.9 Å². The van der Waals surface area contributed by atoms with Crippen molar-refractivity contribution in [1.29, 1.82) is 0 Å². The van der Waals surface area contributed by atoms with Crippen LogP contribution < -0.4 is 9.62 Å². The molecule has 3 aromatic rings. The van der Waals surface area contributed by atoms with Crippen LogP contribution in [0.3, 0.4) is 0 Å². The van der Waals surface area contributed by atoms with Crippen molar-refractivity contribution >= 4 is 33.3 Å². The molecule has 0 aliphatic carbocycles. The Bertz CT molecular complexity index is 1540. The van der Waals surface area contributed by atoms with Crippen molar-refractivity contribution in [2.45, 2.75) is 44.8 Å². The number of rotatable bonds is 9. The SMILES string of the molecule is CCn1nc(C)c(CCN(C)c2ccc(NS(=O)(=O)c3cc(F)ccc3F)cc2C(=O)O)c1C.O=C(O)C(F)(F)F. The van der Waals surface area contributed by atoms with Gasteiger partial charge in [0.25, 0.3) is 10.0 Å². The largest absolute Gasteiger partial charge is 0.490 e. The highest BCUT2D eigenvalue weighted by molar-refractivity contribution is 7.92. The van der Waals surface area contributed by atoms with Crippen molar-refractivity contribution in [3.8, 4) is 0 Å². The van der Waals surface area contributed by atoms with Crippen LogP contribution in [0.5, 0.6) is 0 Å². The number of benzene rings is 2. The quantitative estimate of drug-likeness (QED) is 0.300. The number of alkyl halides is 3. The predicted octanol–water partition coefficient (Wildman–Crippen LogP) is 4.61. The highest BCUT2D eigenvalue weighted by atomic mass is 32.2. The summed E-state index contributed by atoms with van der Waals surface area (Å²) in [5.74, 6) is -6.06. The van der Waals surface area contributed by atoms with Crippen LogP contribution in [0.15, 0.2) is 41.3 Å². The monoisotopic (exact) mass is 606 g/mol. The minimum atomic E-state index is -5.08. The molecule has 0 aliphatic rings. The van der Waals surface area contributed by atoms with E-state index in [0.29, 0.717) is 30.8 Å². The maximum atomic E-state index is 14.0. The zero-order valence-electron chi connectivity index (χ0n) is 22.3. The number of nitrogens with one attached hydrogen (secondary N) is 1. The lowest BCUT2D eigenvalue weighted by molar-refractivity contribution is -0.192. The number of halogens is 5. The molecule has 2 aromatic carbocycles. The summed E-state index contributed by atoms with van der Waals surface area (Å²) >= 11 is 0. The van der Waals surface area contributed by atoms with Gasteiger partial charge in [0.05, 0.1) is 16.9 Å². The Morgan fingerprint density at radius 2 is 1.68 bits per heavy atom. The number of carbonyl (C=O) groups is 2. The van der Waals surface area contributed by atoms with Crippen molar-refractivity contribution in [1.82, 2.24) is 9.78 Å². The number of sulfonamides is 1. The number of aryl methyl sites for hydroxylation is 2. The number of carboxylic acids is 2. The van der Waals surface area contributed by atoms with E-state index in [0.717, 1.165) is 35.6 Å². The first kappa shape index (κ1) is 33.0. The summed E-state index contributed by atoms with van der Waals surface area (Å²) in [6.45, 7) is 7.18. The maximum absolute atomic E-state index is 14.0. The van der Waals surface area contributed by atoms with E-state index in [1.165, 1.54) is 12.1 Å².